The summed E-state index contributed by atoms with van der Waals surface area (Å²) in [5.74, 6) is -0.240. The average Bonchev–Trinajstić information content (AvgIpc) is 2.77. The Kier molecular flexibility index (Phi) is 5.40. The van der Waals surface area contributed by atoms with Gasteiger partial charge in [0.05, 0.1) is 0 Å². The highest BCUT2D eigenvalue weighted by Crippen LogP contribution is 2.32. The second-order valence-corrected chi connectivity index (χ2v) is 8.15. The molecular formula is C26H26N2O2. The largest absolute Gasteiger partial charge is 0.350 e. The molecule has 0 aromatic heterocycles. The van der Waals surface area contributed by atoms with Crippen LogP contribution < -0.4 is 5.32 Å². The molecule has 0 spiro atoms. The fourth-order valence-corrected chi connectivity index (χ4v) is 4.01. The number of hydrogen-bond donors (Lipinski definition) is 1. The minimum atomic E-state index is -0.966. The smallest absolute Gasteiger partial charge is 0.255 e. The lowest BCUT2D eigenvalue weighted by Gasteiger charge is -2.44. The Labute approximate surface area is 177 Å². The number of hydrogen-bond acceptors (Lipinski definition) is 2. The van der Waals surface area contributed by atoms with E-state index in [1.54, 1.807) is 4.90 Å². The van der Waals surface area contributed by atoms with Crippen LogP contribution in [-0.4, -0.2) is 22.3 Å². The fourth-order valence-electron chi connectivity index (χ4n) is 4.01. The molecule has 30 heavy (non-hydrogen) atoms. The van der Waals surface area contributed by atoms with Gasteiger partial charge >= 0.3 is 0 Å². The predicted molar refractivity (Wildman–Crippen MR) is 118 cm³/mol. The lowest BCUT2D eigenvalue weighted by Crippen LogP contribution is -2.62. The van der Waals surface area contributed by atoms with Crippen molar-refractivity contribution in [3.8, 4) is 0 Å². The number of benzene rings is 3. The monoisotopic (exact) mass is 398 g/mol. The molecule has 0 unspecified atom stereocenters. The zero-order valence-corrected chi connectivity index (χ0v) is 17.4. The molecule has 3 aromatic carbocycles. The third-order valence-electron chi connectivity index (χ3n) is 5.87. The van der Waals surface area contributed by atoms with E-state index in [-0.39, 0.29) is 11.8 Å². The molecule has 2 amide bonds. The van der Waals surface area contributed by atoms with Crippen LogP contribution in [0.2, 0.25) is 0 Å². The van der Waals surface area contributed by atoms with Gasteiger partial charge in [0.15, 0.2) is 0 Å². The van der Waals surface area contributed by atoms with Gasteiger partial charge in [0.1, 0.15) is 5.54 Å². The van der Waals surface area contributed by atoms with Crippen molar-refractivity contribution in [1.29, 1.82) is 0 Å². The van der Waals surface area contributed by atoms with Crippen molar-refractivity contribution in [2.24, 2.45) is 0 Å². The molecule has 4 heteroatoms. The van der Waals surface area contributed by atoms with Gasteiger partial charge in [-0.1, -0.05) is 78.4 Å². The molecule has 0 saturated carbocycles. The number of carbonyl (C=O) groups excluding carboxylic acids is 2. The van der Waals surface area contributed by atoms with Gasteiger partial charge in [-0.3, -0.25) is 9.59 Å². The molecule has 0 aliphatic carbocycles. The third kappa shape index (κ3) is 3.86. The standard InChI is InChI=1S/C26H26N2O2/c1-19-12-14-20(15-13-19)17-27-25(30)26(2)16-22-10-6-7-11-23(22)24(29)28(26)18-21-8-4-3-5-9-21/h3-15H,16-18H2,1-2H3,(H,27,30)/t26-/m0/s1. The quantitative estimate of drug-likeness (QED) is 0.698. The number of rotatable bonds is 5. The minimum absolute atomic E-state index is 0.103. The van der Waals surface area contributed by atoms with Gasteiger partial charge < -0.3 is 10.2 Å². The number of amides is 2. The summed E-state index contributed by atoms with van der Waals surface area (Å²) < 4.78 is 0. The number of aryl methyl sites for hydroxylation is 1. The van der Waals surface area contributed by atoms with Crippen LogP contribution in [0.5, 0.6) is 0 Å². The Morgan fingerprint density at radius 1 is 0.933 bits per heavy atom. The lowest BCUT2D eigenvalue weighted by molar-refractivity contribution is -0.132. The first-order valence-corrected chi connectivity index (χ1v) is 10.2. The second kappa shape index (κ2) is 8.15. The summed E-state index contributed by atoms with van der Waals surface area (Å²) in [6, 6.07) is 25.5. The van der Waals surface area contributed by atoms with Crippen LogP contribution in [0.15, 0.2) is 78.9 Å². The molecule has 1 heterocycles. The zero-order valence-electron chi connectivity index (χ0n) is 17.4. The Morgan fingerprint density at radius 2 is 1.60 bits per heavy atom. The van der Waals surface area contributed by atoms with Gasteiger partial charge in [0.2, 0.25) is 5.91 Å². The molecule has 4 rings (SSSR count). The van der Waals surface area contributed by atoms with E-state index in [4.69, 9.17) is 0 Å². The SMILES string of the molecule is Cc1ccc(CNC(=O)[C@]2(C)Cc3ccccc3C(=O)N2Cc2ccccc2)cc1. The van der Waals surface area contributed by atoms with Crippen LogP contribution in [0, 0.1) is 6.92 Å². The Balaban J connectivity index is 1.63. The molecular weight excluding hydrogens is 372 g/mol. The summed E-state index contributed by atoms with van der Waals surface area (Å²) in [5.41, 5.74) is 3.85. The second-order valence-electron chi connectivity index (χ2n) is 8.15. The first-order chi connectivity index (χ1) is 14.5. The Hall–Kier alpha value is -3.40. The molecule has 0 radical (unpaired) electrons. The molecule has 1 N–H and O–H groups in total. The highest BCUT2D eigenvalue weighted by molar-refractivity contribution is 6.02. The van der Waals surface area contributed by atoms with Crippen LogP contribution >= 0.6 is 0 Å². The van der Waals surface area contributed by atoms with Crippen LogP contribution in [0.3, 0.4) is 0 Å². The zero-order chi connectivity index (χ0) is 21.1. The summed E-state index contributed by atoms with van der Waals surface area (Å²) in [6.45, 7) is 4.73. The van der Waals surface area contributed by atoms with Crippen molar-refractivity contribution < 1.29 is 9.59 Å². The number of fused-ring (bicyclic) bond motifs is 1. The molecule has 4 nitrogen and oxygen atoms in total. The normalized spacial score (nSPS) is 18.1. The van der Waals surface area contributed by atoms with E-state index < -0.39 is 5.54 Å². The van der Waals surface area contributed by atoms with Crippen molar-refractivity contribution in [3.63, 3.8) is 0 Å². The third-order valence-corrected chi connectivity index (χ3v) is 5.87. The lowest BCUT2D eigenvalue weighted by atomic mass is 9.82. The Bertz CT molecular complexity index is 1060. The molecule has 0 bridgehead atoms. The van der Waals surface area contributed by atoms with E-state index in [2.05, 4.69) is 5.32 Å². The summed E-state index contributed by atoms with van der Waals surface area (Å²) in [4.78, 5) is 28.5. The summed E-state index contributed by atoms with van der Waals surface area (Å²) in [7, 11) is 0. The molecule has 1 atom stereocenters. The van der Waals surface area contributed by atoms with E-state index in [1.807, 2.05) is 92.7 Å². The van der Waals surface area contributed by atoms with Crippen LogP contribution in [0.4, 0.5) is 0 Å². The topological polar surface area (TPSA) is 49.4 Å². The van der Waals surface area contributed by atoms with Gasteiger partial charge in [-0.25, -0.2) is 0 Å². The molecule has 1 aliphatic heterocycles. The van der Waals surface area contributed by atoms with Crippen molar-refractivity contribution in [3.05, 3.63) is 107 Å². The molecule has 3 aromatic rings. The first kappa shape index (κ1) is 19.9. The van der Waals surface area contributed by atoms with Crippen LogP contribution in [0.25, 0.3) is 0 Å². The summed E-state index contributed by atoms with van der Waals surface area (Å²) >= 11 is 0. The van der Waals surface area contributed by atoms with Gasteiger partial charge in [0.25, 0.3) is 5.91 Å². The average molecular weight is 399 g/mol. The van der Waals surface area contributed by atoms with Gasteiger partial charge in [-0.05, 0) is 36.6 Å². The minimum Gasteiger partial charge on any atom is -0.350 e. The maximum atomic E-state index is 13.4. The maximum absolute atomic E-state index is 13.4. The van der Waals surface area contributed by atoms with Gasteiger partial charge in [-0.15, -0.1) is 0 Å². The number of nitrogens with zero attached hydrogens (tertiary/aromatic N) is 1. The summed E-state index contributed by atoms with van der Waals surface area (Å²) in [5, 5.41) is 3.06. The maximum Gasteiger partial charge on any atom is 0.255 e. The van der Waals surface area contributed by atoms with E-state index in [1.165, 1.54) is 5.56 Å². The van der Waals surface area contributed by atoms with Crippen molar-refractivity contribution >= 4 is 11.8 Å². The number of carbonyl (C=O) groups is 2. The molecule has 0 fully saturated rings. The predicted octanol–water partition coefficient (Wildman–Crippen LogP) is 4.27. The highest BCUT2D eigenvalue weighted by Gasteiger charge is 2.46. The van der Waals surface area contributed by atoms with E-state index in [9.17, 15) is 9.59 Å². The van der Waals surface area contributed by atoms with E-state index in [0.717, 1.165) is 16.7 Å². The first-order valence-electron chi connectivity index (χ1n) is 10.2. The molecule has 152 valence electrons. The van der Waals surface area contributed by atoms with Crippen molar-refractivity contribution in [2.45, 2.75) is 38.9 Å². The fraction of sp³-hybridized carbons (Fsp3) is 0.231. The highest BCUT2D eigenvalue weighted by atomic mass is 16.2. The number of nitrogens with one attached hydrogen (secondary N) is 1. The summed E-state index contributed by atoms with van der Waals surface area (Å²) in [6.07, 6.45) is 0.488. The molecule has 0 saturated heterocycles. The van der Waals surface area contributed by atoms with E-state index >= 15 is 0 Å². The van der Waals surface area contributed by atoms with Crippen molar-refractivity contribution in [1.82, 2.24) is 10.2 Å². The van der Waals surface area contributed by atoms with Crippen molar-refractivity contribution in [2.75, 3.05) is 0 Å². The Morgan fingerprint density at radius 3 is 2.33 bits per heavy atom. The van der Waals surface area contributed by atoms with Gasteiger partial charge in [-0.2, -0.15) is 0 Å². The molecule has 1 aliphatic rings. The van der Waals surface area contributed by atoms with Crippen LogP contribution in [-0.2, 0) is 24.3 Å². The van der Waals surface area contributed by atoms with Gasteiger partial charge in [0, 0.05) is 25.1 Å². The van der Waals surface area contributed by atoms with Crippen LogP contribution in [0.1, 0.15) is 39.5 Å². The van der Waals surface area contributed by atoms with E-state index in [0.29, 0.717) is 25.1 Å².